The molecular weight excluding hydrogens is 374 g/mol. The molecule has 1 saturated heterocycles. The van der Waals surface area contributed by atoms with E-state index in [0.717, 1.165) is 10.5 Å². The maximum absolute atomic E-state index is 13.2. The average Bonchev–Trinajstić information content (AvgIpc) is 2.97. The highest BCUT2D eigenvalue weighted by atomic mass is 16.3. The molecule has 29 heavy (non-hydrogen) atoms. The summed E-state index contributed by atoms with van der Waals surface area (Å²) in [6.07, 6.45) is -1.84. The molecule has 0 saturated carbocycles. The Balaban J connectivity index is 1.67. The maximum atomic E-state index is 13.2. The van der Waals surface area contributed by atoms with Crippen LogP contribution in [-0.2, 0) is 16.1 Å². The van der Waals surface area contributed by atoms with Gasteiger partial charge in [0, 0.05) is 18.7 Å². The number of anilines is 1. The molecule has 148 valence electrons. The molecular formula is C21H19N3O5. The molecule has 0 spiro atoms. The van der Waals surface area contributed by atoms with E-state index in [1.807, 2.05) is 35.6 Å². The van der Waals surface area contributed by atoms with Gasteiger partial charge in [-0.25, -0.2) is 0 Å². The number of benzene rings is 2. The first kappa shape index (κ1) is 18.8. The fraction of sp³-hybridized carbons (Fsp3) is 0.238. The lowest BCUT2D eigenvalue weighted by Gasteiger charge is -2.39. The van der Waals surface area contributed by atoms with E-state index in [0.29, 0.717) is 12.2 Å². The van der Waals surface area contributed by atoms with Gasteiger partial charge in [0.15, 0.2) is 0 Å². The number of aliphatic hydroxyl groups is 1. The Kier molecular flexibility index (Phi) is 4.43. The van der Waals surface area contributed by atoms with Crippen LogP contribution in [0.3, 0.4) is 0 Å². The van der Waals surface area contributed by atoms with Gasteiger partial charge in [-0.1, -0.05) is 36.4 Å². The third kappa shape index (κ3) is 2.98. The summed E-state index contributed by atoms with van der Waals surface area (Å²) in [5.74, 6) is -2.90. The normalized spacial score (nSPS) is 23.8. The molecule has 8 heteroatoms. The van der Waals surface area contributed by atoms with E-state index in [1.165, 1.54) is 13.0 Å². The molecule has 2 aliphatic rings. The largest absolute Gasteiger partial charge is 0.383 e. The molecule has 8 nitrogen and oxygen atoms in total. The molecule has 0 aliphatic carbocycles. The molecule has 4 rings (SSSR count). The van der Waals surface area contributed by atoms with Gasteiger partial charge in [0.25, 0.3) is 23.6 Å². The van der Waals surface area contributed by atoms with Crippen molar-refractivity contribution in [2.24, 2.45) is 0 Å². The zero-order chi connectivity index (χ0) is 20.8. The number of rotatable bonds is 4. The van der Waals surface area contributed by atoms with E-state index in [9.17, 15) is 24.3 Å². The van der Waals surface area contributed by atoms with Gasteiger partial charge >= 0.3 is 0 Å². The van der Waals surface area contributed by atoms with Gasteiger partial charge in [-0.05, 0) is 24.6 Å². The van der Waals surface area contributed by atoms with Gasteiger partial charge in [0.2, 0.25) is 0 Å². The zero-order valence-electron chi connectivity index (χ0n) is 15.6. The van der Waals surface area contributed by atoms with E-state index in [-0.39, 0.29) is 17.5 Å². The Morgan fingerprint density at radius 1 is 1.07 bits per heavy atom. The van der Waals surface area contributed by atoms with Crippen LogP contribution in [0.15, 0.2) is 48.5 Å². The van der Waals surface area contributed by atoms with Gasteiger partial charge in [0.05, 0.1) is 11.1 Å². The lowest BCUT2D eigenvalue weighted by molar-refractivity contribution is -0.148. The minimum atomic E-state index is -1.67. The maximum Gasteiger partial charge on any atom is 0.264 e. The number of aliphatic hydroxyl groups excluding tert-OH is 1. The van der Waals surface area contributed by atoms with Crippen molar-refractivity contribution in [3.8, 4) is 0 Å². The molecule has 0 aromatic heterocycles. The Labute approximate surface area is 166 Å². The summed E-state index contributed by atoms with van der Waals surface area (Å²) in [5.41, 5.74) is 0.155. The van der Waals surface area contributed by atoms with Crippen LogP contribution in [0, 0.1) is 0 Å². The number of amides is 4. The zero-order valence-corrected chi connectivity index (χ0v) is 15.6. The number of nitrogens with one attached hydrogen (secondary N) is 2. The van der Waals surface area contributed by atoms with Crippen LogP contribution >= 0.6 is 0 Å². The number of fused-ring (bicyclic) bond motifs is 1. The van der Waals surface area contributed by atoms with Gasteiger partial charge < -0.3 is 10.4 Å². The lowest BCUT2D eigenvalue weighted by Crippen LogP contribution is -2.66. The van der Waals surface area contributed by atoms with E-state index in [2.05, 4.69) is 5.32 Å². The molecule has 2 aliphatic heterocycles. The SMILES string of the molecule is CC1(N2C(=O)c3cccc(NCc4ccccc4)c3C2=O)CC(O)C(=O)NC1=O. The van der Waals surface area contributed by atoms with Gasteiger partial charge in [-0.3, -0.25) is 29.4 Å². The molecule has 2 aromatic rings. The summed E-state index contributed by atoms with van der Waals surface area (Å²) in [6.45, 7) is 1.82. The second kappa shape index (κ2) is 6.82. The highest BCUT2D eigenvalue weighted by Crippen LogP contribution is 2.37. The minimum Gasteiger partial charge on any atom is -0.383 e. The summed E-state index contributed by atoms with van der Waals surface area (Å²) < 4.78 is 0. The number of piperidine rings is 1. The topological polar surface area (TPSA) is 116 Å². The summed E-state index contributed by atoms with van der Waals surface area (Å²) in [5, 5.41) is 15.1. The Morgan fingerprint density at radius 3 is 2.52 bits per heavy atom. The fourth-order valence-electron chi connectivity index (χ4n) is 3.76. The smallest absolute Gasteiger partial charge is 0.264 e. The van der Waals surface area contributed by atoms with Crippen molar-refractivity contribution in [2.75, 3.05) is 5.32 Å². The highest BCUT2D eigenvalue weighted by Gasteiger charge is 2.55. The number of hydrogen-bond acceptors (Lipinski definition) is 6. The summed E-state index contributed by atoms with van der Waals surface area (Å²) in [7, 11) is 0. The van der Waals surface area contributed by atoms with Crippen molar-refractivity contribution in [1.82, 2.24) is 10.2 Å². The fourth-order valence-corrected chi connectivity index (χ4v) is 3.76. The van der Waals surface area contributed by atoms with Crippen molar-refractivity contribution in [1.29, 1.82) is 0 Å². The van der Waals surface area contributed by atoms with E-state index in [4.69, 9.17) is 0 Å². The van der Waals surface area contributed by atoms with Crippen LogP contribution in [0.5, 0.6) is 0 Å². The first-order valence-corrected chi connectivity index (χ1v) is 9.16. The summed E-state index contributed by atoms with van der Waals surface area (Å²) >= 11 is 0. The minimum absolute atomic E-state index is 0.175. The number of carbonyl (C=O) groups excluding carboxylic acids is 4. The third-order valence-electron chi connectivity index (χ3n) is 5.35. The van der Waals surface area contributed by atoms with Crippen molar-refractivity contribution in [3.63, 3.8) is 0 Å². The van der Waals surface area contributed by atoms with Crippen LogP contribution in [0.4, 0.5) is 5.69 Å². The molecule has 2 atom stereocenters. The highest BCUT2D eigenvalue weighted by molar-refractivity contribution is 6.26. The number of nitrogens with zero attached hydrogens (tertiary/aromatic N) is 1. The van der Waals surface area contributed by atoms with Gasteiger partial charge in [-0.15, -0.1) is 0 Å². The van der Waals surface area contributed by atoms with Crippen molar-refractivity contribution in [3.05, 3.63) is 65.2 Å². The molecule has 2 heterocycles. The number of carbonyl (C=O) groups is 4. The van der Waals surface area contributed by atoms with Crippen molar-refractivity contribution < 1.29 is 24.3 Å². The Bertz CT molecular complexity index is 1040. The predicted molar refractivity (Wildman–Crippen MR) is 103 cm³/mol. The number of imide groups is 2. The molecule has 0 radical (unpaired) electrons. The standard InChI is InChI=1S/C21H19N3O5/c1-21(10-15(25)17(26)23-20(21)29)24-18(27)13-8-5-9-14(16(13)19(24)28)22-11-12-6-3-2-4-7-12/h2-9,15,22,25H,10-11H2,1H3,(H,23,26,29). The van der Waals surface area contributed by atoms with E-state index in [1.54, 1.807) is 12.1 Å². The first-order chi connectivity index (χ1) is 13.8. The predicted octanol–water partition coefficient (Wildman–Crippen LogP) is 1.06. The quantitative estimate of drug-likeness (QED) is 0.669. The van der Waals surface area contributed by atoms with Crippen molar-refractivity contribution in [2.45, 2.75) is 31.5 Å². The van der Waals surface area contributed by atoms with E-state index < -0.39 is 35.3 Å². The summed E-state index contributed by atoms with van der Waals surface area (Å²) in [4.78, 5) is 51.1. The van der Waals surface area contributed by atoms with Crippen LogP contribution in [0.1, 0.15) is 39.6 Å². The van der Waals surface area contributed by atoms with Gasteiger partial charge in [-0.2, -0.15) is 0 Å². The monoisotopic (exact) mass is 393 g/mol. The van der Waals surface area contributed by atoms with Crippen molar-refractivity contribution >= 4 is 29.3 Å². The second-order valence-electron chi connectivity index (χ2n) is 7.33. The number of hydrogen-bond donors (Lipinski definition) is 3. The lowest BCUT2D eigenvalue weighted by atomic mass is 9.87. The van der Waals surface area contributed by atoms with Crippen LogP contribution in [0.2, 0.25) is 0 Å². The molecule has 3 N–H and O–H groups in total. The van der Waals surface area contributed by atoms with E-state index >= 15 is 0 Å². The van der Waals surface area contributed by atoms with Crippen LogP contribution in [-0.4, -0.2) is 45.3 Å². The molecule has 0 bridgehead atoms. The Morgan fingerprint density at radius 2 is 1.79 bits per heavy atom. The average molecular weight is 393 g/mol. The molecule has 2 unspecified atom stereocenters. The molecule has 4 amide bonds. The molecule has 1 fully saturated rings. The first-order valence-electron chi connectivity index (χ1n) is 9.16. The van der Waals surface area contributed by atoms with Crippen LogP contribution < -0.4 is 10.6 Å². The third-order valence-corrected chi connectivity index (χ3v) is 5.35. The Hall–Kier alpha value is -3.52. The second-order valence-corrected chi connectivity index (χ2v) is 7.33. The van der Waals surface area contributed by atoms with Crippen LogP contribution in [0.25, 0.3) is 0 Å². The molecule has 2 aromatic carbocycles. The summed E-state index contributed by atoms with van der Waals surface area (Å²) in [6, 6.07) is 14.4. The van der Waals surface area contributed by atoms with Gasteiger partial charge in [0.1, 0.15) is 11.6 Å².